The van der Waals surface area contributed by atoms with E-state index in [9.17, 15) is 4.79 Å². The number of nitrogens with zero attached hydrogens (tertiary/aromatic N) is 1. The standard InChI is InChI=1S/C10H15NO3S/c1-7-6-14-9(11-7)15-5-4-10(2,3)8(12)13/h6H,4-5H2,1-3H3,(H,12,13). The van der Waals surface area contributed by atoms with E-state index >= 15 is 0 Å². The lowest BCUT2D eigenvalue weighted by atomic mass is 9.91. The molecular weight excluding hydrogens is 214 g/mol. The largest absolute Gasteiger partial charge is 0.481 e. The molecule has 4 nitrogen and oxygen atoms in total. The molecule has 0 aromatic carbocycles. The average Bonchev–Trinajstić information content (AvgIpc) is 2.51. The highest BCUT2D eigenvalue weighted by atomic mass is 32.2. The summed E-state index contributed by atoms with van der Waals surface area (Å²) in [5.41, 5.74) is 0.157. The molecule has 84 valence electrons. The maximum atomic E-state index is 10.8. The van der Waals surface area contributed by atoms with Crippen LogP contribution >= 0.6 is 11.8 Å². The Morgan fingerprint density at radius 1 is 1.67 bits per heavy atom. The number of carboxylic acid groups (broad SMARTS) is 1. The van der Waals surface area contributed by atoms with Gasteiger partial charge in [0, 0.05) is 5.75 Å². The number of oxazole rings is 1. The van der Waals surface area contributed by atoms with E-state index in [0.29, 0.717) is 17.4 Å². The first-order valence-electron chi connectivity index (χ1n) is 4.70. The number of thioether (sulfide) groups is 1. The van der Waals surface area contributed by atoms with Gasteiger partial charge in [-0.25, -0.2) is 4.98 Å². The first-order valence-corrected chi connectivity index (χ1v) is 5.69. The molecule has 0 spiro atoms. The Balaban J connectivity index is 2.36. The van der Waals surface area contributed by atoms with Crippen molar-refractivity contribution in [1.29, 1.82) is 0 Å². The van der Waals surface area contributed by atoms with Gasteiger partial charge in [0.25, 0.3) is 5.22 Å². The highest BCUT2D eigenvalue weighted by Gasteiger charge is 2.26. The fourth-order valence-electron chi connectivity index (χ4n) is 0.899. The summed E-state index contributed by atoms with van der Waals surface area (Å²) >= 11 is 1.44. The van der Waals surface area contributed by atoms with Crippen molar-refractivity contribution in [3.63, 3.8) is 0 Å². The van der Waals surface area contributed by atoms with Crippen LogP contribution in [0.5, 0.6) is 0 Å². The highest BCUT2D eigenvalue weighted by molar-refractivity contribution is 7.99. The maximum Gasteiger partial charge on any atom is 0.309 e. The van der Waals surface area contributed by atoms with Gasteiger partial charge in [0.2, 0.25) is 0 Å². The lowest BCUT2D eigenvalue weighted by Gasteiger charge is -2.17. The monoisotopic (exact) mass is 229 g/mol. The molecule has 1 aromatic rings. The number of carbonyl (C=O) groups is 1. The molecule has 0 saturated heterocycles. The van der Waals surface area contributed by atoms with Crippen molar-refractivity contribution in [1.82, 2.24) is 4.98 Å². The number of aromatic nitrogens is 1. The quantitative estimate of drug-likeness (QED) is 0.786. The number of aliphatic carboxylic acids is 1. The van der Waals surface area contributed by atoms with E-state index in [1.165, 1.54) is 11.8 Å². The third-order valence-corrected chi connectivity index (χ3v) is 2.97. The number of hydrogen-bond donors (Lipinski definition) is 1. The van der Waals surface area contributed by atoms with Crippen LogP contribution in [-0.4, -0.2) is 21.8 Å². The lowest BCUT2D eigenvalue weighted by molar-refractivity contribution is -0.146. The normalized spacial score (nSPS) is 11.7. The van der Waals surface area contributed by atoms with Crippen molar-refractivity contribution >= 4 is 17.7 Å². The number of rotatable bonds is 5. The summed E-state index contributed by atoms with van der Waals surface area (Å²) in [6, 6.07) is 0. The molecule has 1 aromatic heterocycles. The SMILES string of the molecule is Cc1coc(SCCC(C)(C)C(=O)O)n1. The van der Waals surface area contributed by atoms with Crippen molar-refractivity contribution in [2.24, 2.45) is 5.41 Å². The van der Waals surface area contributed by atoms with Crippen LogP contribution in [0.15, 0.2) is 15.9 Å². The second-order valence-electron chi connectivity index (χ2n) is 4.04. The minimum absolute atomic E-state index is 0.592. The van der Waals surface area contributed by atoms with E-state index in [-0.39, 0.29) is 0 Å². The van der Waals surface area contributed by atoms with Crippen LogP contribution in [0.2, 0.25) is 0 Å². The van der Waals surface area contributed by atoms with Crippen LogP contribution in [0.1, 0.15) is 26.0 Å². The first-order chi connectivity index (χ1) is 6.92. The molecule has 5 heteroatoms. The Labute approximate surface area is 93.1 Å². The summed E-state index contributed by atoms with van der Waals surface area (Å²) in [6.45, 7) is 5.29. The van der Waals surface area contributed by atoms with Crippen LogP contribution in [0.4, 0.5) is 0 Å². The molecule has 0 amide bonds. The molecule has 1 heterocycles. The molecule has 15 heavy (non-hydrogen) atoms. The van der Waals surface area contributed by atoms with E-state index in [4.69, 9.17) is 9.52 Å². The van der Waals surface area contributed by atoms with Crippen molar-refractivity contribution in [2.45, 2.75) is 32.4 Å². The zero-order chi connectivity index (χ0) is 11.5. The number of aryl methyl sites for hydroxylation is 1. The van der Waals surface area contributed by atoms with E-state index in [1.807, 2.05) is 6.92 Å². The molecule has 0 aliphatic heterocycles. The second-order valence-corrected chi connectivity index (χ2v) is 5.09. The Kier molecular flexibility index (Phi) is 3.79. The Bertz CT molecular complexity index is 346. The molecule has 0 fully saturated rings. The summed E-state index contributed by atoms with van der Waals surface area (Å²) in [5.74, 6) is -0.0779. The summed E-state index contributed by atoms with van der Waals surface area (Å²) in [7, 11) is 0. The summed E-state index contributed by atoms with van der Waals surface area (Å²) in [4.78, 5) is 14.9. The zero-order valence-corrected chi connectivity index (χ0v) is 9.93. The molecule has 0 atom stereocenters. The summed E-state index contributed by atoms with van der Waals surface area (Å²) < 4.78 is 5.14. The molecule has 0 radical (unpaired) electrons. The van der Waals surface area contributed by atoms with Crippen molar-refractivity contribution in [2.75, 3.05) is 5.75 Å². The van der Waals surface area contributed by atoms with Gasteiger partial charge in [-0.15, -0.1) is 0 Å². The van der Waals surface area contributed by atoms with E-state index in [0.717, 1.165) is 5.69 Å². The molecule has 0 bridgehead atoms. The van der Waals surface area contributed by atoms with Gasteiger partial charge in [-0.3, -0.25) is 4.79 Å². The predicted octanol–water partition coefficient (Wildman–Crippen LogP) is 2.58. The Hall–Kier alpha value is -0.970. The van der Waals surface area contributed by atoms with E-state index in [1.54, 1.807) is 20.1 Å². The third-order valence-electron chi connectivity index (χ3n) is 2.13. The minimum Gasteiger partial charge on any atom is -0.481 e. The zero-order valence-electron chi connectivity index (χ0n) is 9.11. The number of carboxylic acids is 1. The molecular formula is C10H15NO3S. The van der Waals surface area contributed by atoms with Gasteiger partial charge < -0.3 is 9.52 Å². The molecule has 0 aliphatic rings. The van der Waals surface area contributed by atoms with Gasteiger partial charge in [-0.2, -0.15) is 0 Å². The van der Waals surface area contributed by atoms with Crippen LogP contribution in [-0.2, 0) is 4.79 Å². The second kappa shape index (κ2) is 4.70. The third kappa shape index (κ3) is 3.58. The van der Waals surface area contributed by atoms with Gasteiger partial charge in [0.1, 0.15) is 6.26 Å². The van der Waals surface area contributed by atoms with Gasteiger partial charge >= 0.3 is 5.97 Å². The molecule has 0 unspecified atom stereocenters. The highest BCUT2D eigenvalue weighted by Crippen LogP contribution is 2.26. The topological polar surface area (TPSA) is 63.3 Å². The Morgan fingerprint density at radius 2 is 2.33 bits per heavy atom. The van der Waals surface area contributed by atoms with Gasteiger partial charge in [-0.05, 0) is 27.2 Å². The van der Waals surface area contributed by atoms with Crippen LogP contribution < -0.4 is 0 Å². The average molecular weight is 229 g/mol. The van der Waals surface area contributed by atoms with E-state index in [2.05, 4.69) is 4.98 Å². The fraction of sp³-hybridized carbons (Fsp3) is 0.600. The van der Waals surface area contributed by atoms with Crippen LogP contribution in [0.3, 0.4) is 0 Å². The minimum atomic E-state index is -0.772. The summed E-state index contributed by atoms with van der Waals surface area (Å²) in [6.07, 6.45) is 2.18. The van der Waals surface area contributed by atoms with E-state index < -0.39 is 11.4 Å². The van der Waals surface area contributed by atoms with Crippen molar-refractivity contribution < 1.29 is 14.3 Å². The van der Waals surface area contributed by atoms with Gasteiger partial charge in [-0.1, -0.05) is 11.8 Å². The van der Waals surface area contributed by atoms with Gasteiger partial charge in [0.15, 0.2) is 0 Å². The van der Waals surface area contributed by atoms with Crippen LogP contribution in [0, 0.1) is 12.3 Å². The Morgan fingerprint density at radius 3 is 2.80 bits per heavy atom. The lowest BCUT2D eigenvalue weighted by Crippen LogP contribution is -2.24. The van der Waals surface area contributed by atoms with Crippen LogP contribution in [0.25, 0.3) is 0 Å². The summed E-state index contributed by atoms with van der Waals surface area (Å²) in [5, 5.41) is 9.50. The molecule has 1 N–H and O–H groups in total. The molecule has 0 aliphatic carbocycles. The van der Waals surface area contributed by atoms with Crippen molar-refractivity contribution in [3.05, 3.63) is 12.0 Å². The number of hydrogen-bond acceptors (Lipinski definition) is 4. The smallest absolute Gasteiger partial charge is 0.309 e. The molecule has 0 saturated carbocycles. The first kappa shape index (κ1) is 12.1. The molecule has 1 rings (SSSR count). The van der Waals surface area contributed by atoms with Gasteiger partial charge in [0.05, 0.1) is 11.1 Å². The maximum absolute atomic E-state index is 10.8. The fourth-order valence-corrected chi connectivity index (χ4v) is 2.01. The predicted molar refractivity (Wildman–Crippen MR) is 58.0 cm³/mol. The van der Waals surface area contributed by atoms with Crippen molar-refractivity contribution in [3.8, 4) is 0 Å².